The Bertz CT molecular complexity index is 693. The molecule has 0 bridgehead atoms. The van der Waals surface area contributed by atoms with E-state index in [0.29, 0.717) is 5.56 Å². The quantitative estimate of drug-likeness (QED) is 0.873. The third-order valence-corrected chi connectivity index (χ3v) is 2.91. The zero-order chi connectivity index (χ0) is 14.7. The van der Waals surface area contributed by atoms with Gasteiger partial charge in [-0.1, -0.05) is 6.07 Å². The molecule has 2 rings (SSSR count). The Balaban J connectivity index is 2.17. The maximum atomic E-state index is 13.5. The number of benzene rings is 2. The maximum Gasteiger partial charge on any atom is 0.167 e. The highest BCUT2D eigenvalue weighted by Crippen LogP contribution is 2.24. The van der Waals surface area contributed by atoms with E-state index < -0.39 is 11.6 Å². The molecule has 0 aromatic heterocycles. The van der Waals surface area contributed by atoms with Crippen molar-refractivity contribution in [3.8, 4) is 11.8 Å². The highest BCUT2D eigenvalue weighted by molar-refractivity contribution is 5.45. The van der Waals surface area contributed by atoms with E-state index in [-0.39, 0.29) is 18.0 Å². The Labute approximate surface area is 115 Å². The number of nitrogen functional groups attached to an aromatic ring is 1. The summed E-state index contributed by atoms with van der Waals surface area (Å²) in [6, 6.07) is 8.91. The van der Waals surface area contributed by atoms with E-state index in [1.54, 1.807) is 18.2 Å². The number of aryl methyl sites for hydroxylation is 1. The molecule has 5 heteroatoms. The number of ether oxygens (including phenoxy) is 1. The summed E-state index contributed by atoms with van der Waals surface area (Å²) in [5.74, 6) is -1.63. The Morgan fingerprint density at radius 3 is 2.60 bits per heavy atom. The van der Waals surface area contributed by atoms with Crippen LogP contribution in [0.1, 0.15) is 16.7 Å². The first kappa shape index (κ1) is 13.8. The van der Waals surface area contributed by atoms with E-state index in [1.165, 1.54) is 0 Å². The number of hydrogen-bond donors (Lipinski definition) is 1. The highest BCUT2D eigenvalue weighted by Gasteiger charge is 2.10. The number of halogens is 2. The minimum absolute atomic E-state index is 0.0812. The highest BCUT2D eigenvalue weighted by atomic mass is 19.1. The van der Waals surface area contributed by atoms with Gasteiger partial charge in [0.25, 0.3) is 0 Å². The predicted octanol–water partition coefficient (Wildman–Crippen LogP) is 3.31. The van der Waals surface area contributed by atoms with Gasteiger partial charge in [-0.15, -0.1) is 0 Å². The van der Waals surface area contributed by atoms with Crippen molar-refractivity contribution in [3.05, 3.63) is 58.7 Å². The van der Waals surface area contributed by atoms with E-state index in [1.807, 2.05) is 13.0 Å². The smallest absolute Gasteiger partial charge is 0.167 e. The molecule has 0 saturated heterocycles. The molecule has 0 aliphatic heterocycles. The average molecular weight is 274 g/mol. The Morgan fingerprint density at radius 1 is 1.20 bits per heavy atom. The molecule has 0 fully saturated rings. The summed E-state index contributed by atoms with van der Waals surface area (Å²) < 4.78 is 32.1. The molecule has 0 aliphatic rings. The van der Waals surface area contributed by atoms with E-state index in [9.17, 15) is 8.78 Å². The number of hydrogen-bond acceptors (Lipinski definition) is 3. The van der Waals surface area contributed by atoms with Crippen molar-refractivity contribution < 1.29 is 13.5 Å². The summed E-state index contributed by atoms with van der Waals surface area (Å²) in [5.41, 5.74) is 7.17. The van der Waals surface area contributed by atoms with Crippen LogP contribution >= 0.6 is 0 Å². The van der Waals surface area contributed by atoms with Crippen LogP contribution in [0.15, 0.2) is 30.3 Å². The van der Waals surface area contributed by atoms with Gasteiger partial charge in [-0.2, -0.15) is 5.26 Å². The van der Waals surface area contributed by atoms with Crippen molar-refractivity contribution in [3.63, 3.8) is 0 Å². The Hall–Kier alpha value is -2.61. The summed E-state index contributed by atoms with van der Waals surface area (Å²) in [5, 5.41) is 8.77. The Kier molecular flexibility index (Phi) is 3.85. The summed E-state index contributed by atoms with van der Waals surface area (Å²) in [4.78, 5) is 0. The van der Waals surface area contributed by atoms with Gasteiger partial charge in [0.15, 0.2) is 11.6 Å². The molecule has 3 nitrogen and oxygen atoms in total. The van der Waals surface area contributed by atoms with Gasteiger partial charge in [0.2, 0.25) is 0 Å². The maximum absolute atomic E-state index is 13.5. The fourth-order valence-corrected chi connectivity index (χ4v) is 1.74. The number of nitrogens with two attached hydrogens (primary N) is 1. The molecular weight excluding hydrogens is 262 g/mol. The fourth-order valence-electron chi connectivity index (χ4n) is 1.74. The molecule has 0 heterocycles. The van der Waals surface area contributed by atoms with Crippen LogP contribution in [0.3, 0.4) is 0 Å². The van der Waals surface area contributed by atoms with Crippen molar-refractivity contribution in [2.24, 2.45) is 0 Å². The monoisotopic (exact) mass is 274 g/mol. The summed E-state index contributed by atoms with van der Waals surface area (Å²) in [6.45, 7) is 1.90. The second-order valence-corrected chi connectivity index (χ2v) is 4.35. The standard InChI is InChI=1S/C15H12F2N2O/c1-9-4-10(7-18)2-3-11(9)8-20-15-6-12(16)14(19)5-13(15)17/h2-6H,8,19H2,1H3. The number of nitrogens with zero attached hydrogens (tertiary/aromatic N) is 1. The van der Waals surface area contributed by atoms with Crippen LogP contribution in [0.2, 0.25) is 0 Å². The molecular formula is C15H12F2N2O. The van der Waals surface area contributed by atoms with Crippen LogP contribution < -0.4 is 10.5 Å². The second-order valence-electron chi connectivity index (χ2n) is 4.35. The van der Waals surface area contributed by atoms with Crippen LogP contribution in [0.25, 0.3) is 0 Å². The molecule has 0 unspecified atom stereocenters. The van der Waals surface area contributed by atoms with Gasteiger partial charge in [0, 0.05) is 12.1 Å². The van der Waals surface area contributed by atoms with E-state index in [0.717, 1.165) is 23.3 Å². The van der Waals surface area contributed by atoms with E-state index in [2.05, 4.69) is 0 Å². The van der Waals surface area contributed by atoms with Crippen molar-refractivity contribution >= 4 is 5.69 Å². The predicted molar refractivity (Wildman–Crippen MR) is 71.0 cm³/mol. The lowest BCUT2D eigenvalue weighted by molar-refractivity contribution is 0.288. The molecule has 0 saturated carbocycles. The third-order valence-electron chi connectivity index (χ3n) is 2.91. The molecule has 2 aromatic rings. The minimum Gasteiger partial charge on any atom is -0.486 e. The number of nitriles is 1. The van der Waals surface area contributed by atoms with E-state index in [4.69, 9.17) is 15.7 Å². The summed E-state index contributed by atoms with van der Waals surface area (Å²) >= 11 is 0. The van der Waals surface area contributed by atoms with E-state index >= 15 is 0 Å². The van der Waals surface area contributed by atoms with Gasteiger partial charge < -0.3 is 10.5 Å². The van der Waals surface area contributed by atoms with Crippen LogP contribution in [-0.4, -0.2) is 0 Å². The topological polar surface area (TPSA) is 59.0 Å². The second kappa shape index (κ2) is 5.57. The van der Waals surface area contributed by atoms with Crippen LogP contribution in [-0.2, 0) is 6.61 Å². The molecule has 102 valence electrons. The SMILES string of the molecule is Cc1cc(C#N)ccc1COc1cc(F)c(N)cc1F. The van der Waals surface area contributed by atoms with Crippen molar-refractivity contribution in [2.45, 2.75) is 13.5 Å². The van der Waals surface area contributed by atoms with Gasteiger partial charge in [-0.3, -0.25) is 0 Å². The van der Waals surface area contributed by atoms with Crippen LogP contribution in [0.5, 0.6) is 5.75 Å². The summed E-state index contributed by atoms with van der Waals surface area (Å²) in [7, 11) is 0. The number of anilines is 1. The van der Waals surface area contributed by atoms with Gasteiger partial charge in [0.05, 0.1) is 17.3 Å². The molecule has 0 aliphatic carbocycles. The van der Waals surface area contributed by atoms with Gasteiger partial charge >= 0.3 is 0 Å². The zero-order valence-electron chi connectivity index (χ0n) is 10.8. The zero-order valence-corrected chi connectivity index (χ0v) is 10.8. The number of rotatable bonds is 3. The molecule has 2 aromatic carbocycles. The first-order chi connectivity index (χ1) is 9.51. The molecule has 20 heavy (non-hydrogen) atoms. The van der Waals surface area contributed by atoms with Gasteiger partial charge in [-0.05, 0) is 30.2 Å². The van der Waals surface area contributed by atoms with Crippen molar-refractivity contribution in [1.82, 2.24) is 0 Å². The van der Waals surface area contributed by atoms with Crippen molar-refractivity contribution in [2.75, 3.05) is 5.73 Å². The van der Waals surface area contributed by atoms with Crippen LogP contribution in [0, 0.1) is 29.9 Å². The molecule has 0 spiro atoms. The first-order valence-corrected chi connectivity index (χ1v) is 5.88. The van der Waals surface area contributed by atoms with Crippen molar-refractivity contribution in [1.29, 1.82) is 5.26 Å². The lowest BCUT2D eigenvalue weighted by Crippen LogP contribution is -2.01. The Morgan fingerprint density at radius 2 is 1.95 bits per heavy atom. The fraction of sp³-hybridized carbons (Fsp3) is 0.133. The first-order valence-electron chi connectivity index (χ1n) is 5.88. The third kappa shape index (κ3) is 2.86. The molecule has 0 radical (unpaired) electrons. The van der Waals surface area contributed by atoms with Crippen LogP contribution in [0.4, 0.5) is 14.5 Å². The summed E-state index contributed by atoms with van der Waals surface area (Å²) in [6.07, 6.45) is 0. The molecule has 2 N–H and O–H groups in total. The molecule has 0 amide bonds. The minimum atomic E-state index is -0.724. The molecule has 0 atom stereocenters. The van der Waals surface area contributed by atoms with Gasteiger partial charge in [0.1, 0.15) is 12.4 Å². The average Bonchev–Trinajstić information content (AvgIpc) is 2.42. The van der Waals surface area contributed by atoms with Gasteiger partial charge in [-0.25, -0.2) is 8.78 Å². The lowest BCUT2D eigenvalue weighted by Gasteiger charge is -2.10. The largest absolute Gasteiger partial charge is 0.486 e. The lowest BCUT2D eigenvalue weighted by atomic mass is 10.1. The normalized spacial score (nSPS) is 10.1.